The molecule has 0 aliphatic carbocycles. The van der Waals surface area contributed by atoms with Gasteiger partial charge in [-0.05, 0) is 30.7 Å². The van der Waals surface area contributed by atoms with Gasteiger partial charge >= 0.3 is 0 Å². The van der Waals surface area contributed by atoms with E-state index in [1.807, 2.05) is 0 Å². The predicted molar refractivity (Wildman–Crippen MR) is 234 cm³/mol. The minimum atomic E-state index is -0.105. The van der Waals surface area contributed by atoms with E-state index < -0.39 is 0 Å². The highest BCUT2D eigenvalue weighted by atomic mass is 16.6. The third-order valence-electron chi connectivity index (χ3n) is 9.16. The second-order valence-corrected chi connectivity index (χ2v) is 14.5. The van der Waals surface area contributed by atoms with Crippen molar-refractivity contribution in [3.8, 4) is 5.75 Å². The largest absolute Gasteiger partial charge is 0.491 e. The first kappa shape index (κ1) is 55.1. The molecule has 0 saturated heterocycles. The van der Waals surface area contributed by atoms with Gasteiger partial charge in [-0.25, -0.2) is 0 Å². The van der Waals surface area contributed by atoms with E-state index >= 15 is 0 Å². The van der Waals surface area contributed by atoms with Crippen LogP contribution in [0.25, 0.3) is 0 Å². The van der Waals surface area contributed by atoms with E-state index in [1.54, 1.807) is 24.3 Å². The lowest BCUT2D eigenvalue weighted by molar-refractivity contribution is -0.114. The maximum Gasteiger partial charge on any atom is 0.221 e. The molecule has 0 aromatic heterocycles. The maximum absolute atomic E-state index is 11.1. The van der Waals surface area contributed by atoms with E-state index in [0.29, 0.717) is 132 Å². The molecule has 0 bridgehead atoms. The summed E-state index contributed by atoms with van der Waals surface area (Å²) < 4.78 is 61.1. The molecule has 0 aliphatic heterocycles. The highest BCUT2D eigenvalue weighted by molar-refractivity contribution is 5.88. The van der Waals surface area contributed by atoms with Gasteiger partial charge in [0.15, 0.2) is 0 Å². The topological polar surface area (TPSA) is 131 Å². The fourth-order valence-corrected chi connectivity index (χ4v) is 5.89. The number of ether oxygens (including phenoxy) is 11. The summed E-state index contributed by atoms with van der Waals surface area (Å²) in [6.45, 7) is 15.0. The number of unbranched alkanes of at least 4 members (excludes halogenated alkanes) is 15. The van der Waals surface area contributed by atoms with Crippen molar-refractivity contribution in [3.63, 3.8) is 0 Å². The Morgan fingerprint density at radius 3 is 0.898 bits per heavy atom. The van der Waals surface area contributed by atoms with Crippen molar-refractivity contribution in [2.24, 2.45) is 0 Å². The summed E-state index contributed by atoms with van der Waals surface area (Å²) in [7, 11) is 0. The summed E-state index contributed by atoms with van der Waals surface area (Å²) in [6, 6.07) is 7.20. The number of amides is 1. The Hall–Kier alpha value is -1.91. The van der Waals surface area contributed by atoms with Crippen molar-refractivity contribution >= 4 is 11.6 Å². The fourth-order valence-electron chi connectivity index (χ4n) is 5.89. The molecule has 1 aromatic rings. The van der Waals surface area contributed by atoms with Crippen LogP contribution < -0.4 is 10.1 Å². The first-order valence-electron chi connectivity index (χ1n) is 23.0. The normalized spacial score (nSPS) is 11.4. The molecule has 0 atom stereocenters. The summed E-state index contributed by atoms with van der Waals surface area (Å²) in [5, 5.41) is 2.72. The van der Waals surface area contributed by atoms with E-state index in [4.69, 9.17) is 52.1 Å². The molecule has 13 heteroatoms. The van der Waals surface area contributed by atoms with E-state index in [0.717, 1.165) is 24.5 Å². The third-order valence-corrected chi connectivity index (χ3v) is 9.16. The van der Waals surface area contributed by atoms with Gasteiger partial charge in [-0.3, -0.25) is 4.79 Å². The molecule has 0 fully saturated rings. The smallest absolute Gasteiger partial charge is 0.221 e. The van der Waals surface area contributed by atoms with Gasteiger partial charge in [-0.2, -0.15) is 0 Å². The second kappa shape index (κ2) is 47.1. The summed E-state index contributed by atoms with van der Waals surface area (Å²) in [5.41, 5.74) is 0.734. The molecule has 346 valence electrons. The van der Waals surface area contributed by atoms with Crippen LogP contribution in [0.4, 0.5) is 5.69 Å². The number of anilines is 1. The summed E-state index contributed by atoms with van der Waals surface area (Å²) >= 11 is 0. The maximum atomic E-state index is 11.1. The van der Waals surface area contributed by atoms with Crippen LogP contribution in [0, 0.1) is 0 Å². The molecule has 1 rings (SSSR count). The summed E-state index contributed by atoms with van der Waals surface area (Å²) in [4.78, 5) is 11.1. The number of hydrogen-bond donors (Lipinski definition) is 1. The molecule has 0 saturated carbocycles. The first-order valence-corrected chi connectivity index (χ1v) is 23.0. The number of nitrogens with one attached hydrogen (secondary N) is 1. The Morgan fingerprint density at radius 2 is 0.610 bits per heavy atom. The Morgan fingerprint density at radius 1 is 0.356 bits per heavy atom. The monoisotopic (exact) mass is 844 g/mol. The molecular formula is C46H85NO12. The SMILES string of the molecule is CCCCCCCCCCCCCCCCCCOCCOCCOCCOCCOCCOCCOCCOCCOCCOCCOc1ccc(NC(C)=O)cc1. The van der Waals surface area contributed by atoms with Crippen LogP contribution in [0.3, 0.4) is 0 Å². The molecule has 13 nitrogen and oxygen atoms in total. The van der Waals surface area contributed by atoms with Crippen LogP contribution >= 0.6 is 0 Å². The van der Waals surface area contributed by atoms with Gasteiger partial charge < -0.3 is 57.4 Å². The van der Waals surface area contributed by atoms with Gasteiger partial charge in [0, 0.05) is 19.2 Å². The average molecular weight is 844 g/mol. The third kappa shape index (κ3) is 44.0. The quantitative estimate of drug-likeness (QED) is 0.0632. The van der Waals surface area contributed by atoms with Crippen molar-refractivity contribution < 1.29 is 56.9 Å². The first-order chi connectivity index (χ1) is 29.2. The summed E-state index contributed by atoms with van der Waals surface area (Å²) in [6.07, 6.45) is 22.1. The zero-order chi connectivity index (χ0) is 42.2. The molecule has 0 aliphatic rings. The minimum Gasteiger partial charge on any atom is -0.491 e. The number of benzene rings is 1. The van der Waals surface area contributed by atoms with Crippen molar-refractivity contribution in [3.05, 3.63) is 24.3 Å². The molecule has 0 unspecified atom stereocenters. The van der Waals surface area contributed by atoms with Gasteiger partial charge in [0.2, 0.25) is 5.91 Å². The predicted octanol–water partition coefficient (Wildman–Crippen LogP) is 8.45. The Kier molecular flexibility index (Phi) is 44.0. The minimum absolute atomic E-state index is 0.105. The lowest BCUT2D eigenvalue weighted by Crippen LogP contribution is -2.15. The average Bonchev–Trinajstić information content (AvgIpc) is 3.23. The van der Waals surface area contributed by atoms with Crippen molar-refractivity contribution in [2.75, 3.05) is 144 Å². The van der Waals surface area contributed by atoms with Gasteiger partial charge in [-0.1, -0.05) is 103 Å². The fraction of sp³-hybridized carbons (Fsp3) is 0.848. The van der Waals surface area contributed by atoms with Crippen molar-refractivity contribution in [1.29, 1.82) is 0 Å². The van der Waals surface area contributed by atoms with Crippen LogP contribution in [0.2, 0.25) is 0 Å². The molecule has 1 N–H and O–H groups in total. The molecule has 0 radical (unpaired) electrons. The molecule has 59 heavy (non-hydrogen) atoms. The summed E-state index contributed by atoms with van der Waals surface area (Å²) in [5.74, 6) is 0.615. The lowest BCUT2D eigenvalue weighted by atomic mass is 10.0. The number of hydrogen-bond acceptors (Lipinski definition) is 12. The standard InChI is InChI=1S/C46H85NO12/c1-3-4-5-6-7-8-9-10-11-12-13-14-15-16-17-18-23-49-24-25-50-26-27-51-28-29-52-30-31-53-32-33-54-34-35-55-36-37-56-38-39-57-40-41-58-42-43-59-46-21-19-45(20-22-46)47-44(2)48/h19-22H,3-18,23-43H2,1-2H3,(H,47,48). The second-order valence-electron chi connectivity index (χ2n) is 14.5. The zero-order valence-corrected chi connectivity index (χ0v) is 37.4. The van der Waals surface area contributed by atoms with E-state index in [2.05, 4.69) is 12.2 Å². The van der Waals surface area contributed by atoms with Gasteiger partial charge in [0.25, 0.3) is 0 Å². The van der Waals surface area contributed by atoms with Gasteiger partial charge in [-0.15, -0.1) is 0 Å². The number of carbonyl (C=O) groups is 1. The van der Waals surface area contributed by atoms with Crippen LogP contribution in [-0.4, -0.2) is 145 Å². The van der Waals surface area contributed by atoms with Crippen LogP contribution in [0.5, 0.6) is 5.75 Å². The Labute approximate surface area is 358 Å². The molecule has 1 aromatic carbocycles. The number of carbonyl (C=O) groups excluding carboxylic acids is 1. The Balaban J connectivity index is 1.62. The van der Waals surface area contributed by atoms with Crippen LogP contribution in [0.1, 0.15) is 117 Å². The van der Waals surface area contributed by atoms with Crippen LogP contribution in [-0.2, 0) is 52.2 Å². The van der Waals surface area contributed by atoms with Crippen LogP contribution in [0.15, 0.2) is 24.3 Å². The number of rotatable bonds is 49. The Bertz CT molecular complexity index is 974. The van der Waals surface area contributed by atoms with Gasteiger partial charge in [0.05, 0.1) is 126 Å². The van der Waals surface area contributed by atoms with E-state index in [1.165, 1.54) is 103 Å². The molecule has 1 amide bonds. The zero-order valence-electron chi connectivity index (χ0n) is 37.4. The van der Waals surface area contributed by atoms with E-state index in [9.17, 15) is 4.79 Å². The van der Waals surface area contributed by atoms with Crippen molar-refractivity contribution in [1.82, 2.24) is 0 Å². The lowest BCUT2D eigenvalue weighted by Gasteiger charge is -2.09. The molecular weight excluding hydrogens is 759 g/mol. The van der Waals surface area contributed by atoms with E-state index in [-0.39, 0.29) is 5.91 Å². The van der Waals surface area contributed by atoms with Crippen molar-refractivity contribution in [2.45, 2.75) is 117 Å². The van der Waals surface area contributed by atoms with Gasteiger partial charge in [0.1, 0.15) is 12.4 Å². The molecule has 0 heterocycles. The molecule has 0 spiro atoms. The highest BCUT2D eigenvalue weighted by Gasteiger charge is 2.00. The highest BCUT2D eigenvalue weighted by Crippen LogP contribution is 2.16.